The average molecular weight is 336 g/mol. The lowest BCUT2D eigenvalue weighted by molar-refractivity contribution is -0.168. The molecule has 0 aromatic heterocycles. The van der Waals surface area contributed by atoms with Crippen molar-refractivity contribution in [3.8, 4) is 0 Å². The molecule has 23 heavy (non-hydrogen) atoms. The molecular weight excluding hydrogens is 312 g/mol. The van der Waals surface area contributed by atoms with Gasteiger partial charge in [0.1, 0.15) is 23.5 Å². The van der Waals surface area contributed by atoms with E-state index in [0.29, 0.717) is 6.61 Å². The minimum absolute atomic E-state index is 0.235. The van der Waals surface area contributed by atoms with Crippen molar-refractivity contribution in [2.24, 2.45) is 11.3 Å². The Hall–Kier alpha value is -1.26. The minimum Gasteiger partial charge on any atom is -0.481 e. The van der Waals surface area contributed by atoms with Crippen LogP contribution in [0, 0.1) is 11.3 Å². The SMILES string of the molecule is CC(OCC(C)(COC(=O)C(CO)CO)C(=O)O)C1(CO)CO1. The fraction of sp³-hybridized carbons (Fsp3) is 0.857. The molecule has 9 nitrogen and oxygen atoms in total. The maximum atomic E-state index is 11.6. The first-order valence-corrected chi connectivity index (χ1v) is 7.23. The number of aliphatic hydroxyl groups is 3. The number of aliphatic hydroxyl groups excluding tert-OH is 3. The summed E-state index contributed by atoms with van der Waals surface area (Å²) in [6, 6.07) is 0. The second kappa shape index (κ2) is 8.02. The molecule has 3 atom stereocenters. The van der Waals surface area contributed by atoms with Gasteiger partial charge in [-0.05, 0) is 13.8 Å². The highest BCUT2D eigenvalue weighted by Gasteiger charge is 2.51. The molecule has 1 fully saturated rings. The molecule has 1 aliphatic rings. The number of carbonyl (C=O) groups excluding carboxylic acids is 1. The van der Waals surface area contributed by atoms with E-state index in [1.165, 1.54) is 6.92 Å². The number of carboxylic acids is 1. The predicted octanol–water partition coefficient (Wildman–Crippen LogP) is -1.61. The quantitative estimate of drug-likeness (QED) is 0.258. The normalized spacial score (nSPS) is 24.1. The van der Waals surface area contributed by atoms with Crippen LogP contribution >= 0.6 is 0 Å². The van der Waals surface area contributed by atoms with Crippen LogP contribution < -0.4 is 0 Å². The summed E-state index contributed by atoms with van der Waals surface area (Å²) in [5.41, 5.74) is -2.31. The monoisotopic (exact) mass is 336 g/mol. The molecule has 0 amide bonds. The molecule has 0 aliphatic carbocycles. The predicted molar refractivity (Wildman–Crippen MR) is 75.5 cm³/mol. The molecule has 0 spiro atoms. The van der Waals surface area contributed by atoms with E-state index in [2.05, 4.69) is 0 Å². The van der Waals surface area contributed by atoms with E-state index in [9.17, 15) is 19.8 Å². The molecule has 1 aliphatic heterocycles. The van der Waals surface area contributed by atoms with Crippen LogP contribution in [-0.2, 0) is 23.8 Å². The van der Waals surface area contributed by atoms with E-state index in [-0.39, 0.29) is 13.2 Å². The van der Waals surface area contributed by atoms with Gasteiger partial charge in [0, 0.05) is 0 Å². The molecule has 1 rings (SSSR count). The molecular formula is C14H24O9. The zero-order chi connectivity index (χ0) is 17.7. The van der Waals surface area contributed by atoms with E-state index in [4.69, 9.17) is 24.4 Å². The Kier molecular flexibility index (Phi) is 6.90. The number of esters is 1. The summed E-state index contributed by atoms with van der Waals surface area (Å²) in [6.07, 6.45) is -0.524. The van der Waals surface area contributed by atoms with Crippen molar-refractivity contribution in [3.05, 3.63) is 0 Å². The molecule has 0 aromatic carbocycles. The standard InChI is InChI=1S/C14H24O9/c1-9(14(5-17)8-23-14)21-6-13(2,12(19)20)7-22-11(18)10(3-15)4-16/h9-10,15-17H,3-8H2,1-2H3,(H,19,20). The molecule has 0 radical (unpaired) electrons. The van der Waals surface area contributed by atoms with Crippen molar-refractivity contribution in [1.29, 1.82) is 0 Å². The summed E-state index contributed by atoms with van der Waals surface area (Å²) < 4.78 is 15.5. The summed E-state index contributed by atoms with van der Waals surface area (Å²) in [7, 11) is 0. The van der Waals surface area contributed by atoms with Crippen LogP contribution in [0.4, 0.5) is 0 Å². The number of rotatable bonds is 11. The molecule has 4 N–H and O–H groups in total. The number of hydrogen-bond donors (Lipinski definition) is 4. The van der Waals surface area contributed by atoms with Crippen LogP contribution in [-0.4, -0.2) is 83.7 Å². The molecule has 1 heterocycles. The topological polar surface area (TPSA) is 146 Å². The van der Waals surface area contributed by atoms with Gasteiger partial charge in [-0.15, -0.1) is 0 Å². The number of ether oxygens (including phenoxy) is 3. The Morgan fingerprint density at radius 1 is 1.26 bits per heavy atom. The third-order valence-electron chi connectivity index (χ3n) is 4.00. The van der Waals surface area contributed by atoms with E-state index >= 15 is 0 Å². The molecule has 1 saturated heterocycles. The van der Waals surface area contributed by atoms with Crippen LogP contribution in [0.25, 0.3) is 0 Å². The van der Waals surface area contributed by atoms with Gasteiger partial charge in [-0.1, -0.05) is 0 Å². The summed E-state index contributed by atoms with van der Waals surface area (Å²) in [6.45, 7) is 1.18. The third-order valence-corrected chi connectivity index (χ3v) is 4.00. The average Bonchev–Trinajstić information content (AvgIpc) is 3.32. The number of hydrogen-bond acceptors (Lipinski definition) is 8. The van der Waals surface area contributed by atoms with Crippen molar-refractivity contribution in [1.82, 2.24) is 0 Å². The fourth-order valence-electron chi connectivity index (χ4n) is 1.73. The highest BCUT2D eigenvalue weighted by atomic mass is 16.6. The summed E-state index contributed by atoms with van der Waals surface area (Å²) >= 11 is 0. The van der Waals surface area contributed by atoms with Crippen molar-refractivity contribution < 1.29 is 44.2 Å². The van der Waals surface area contributed by atoms with Crippen molar-refractivity contribution in [2.75, 3.05) is 39.6 Å². The largest absolute Gasteiger partial charge is 0.481 e. The lowest BCUT2D eigenvalue weighted by Crippen LogP contribution is -2.43. The Labute approximate surface area is 133 Å². The van der Waals surface area contributed by atoms with Gasteiger partial charge in [0.15, 0.2) is 0 Å². The number of aliphatic carboxylic acids is 1. The van der Waals surface area contributed by atoms with E-state index in [1.807, 2.05) is 0 Å². The highest BCUT2D eigenvalue weighted by Crippen LogP contribution is 2.33. The van der Waals surface area contributed by atoms with Gasteiger partial charge >= 0.3 is 11.9 Å². The molecule has 0 aromatic rings. The summed E-state index contributed by atoms with van der Waals surface area (Å²) in [5, 5.41) is 36.3. The zero-order valence-corrected chi connectivity index (χ0v) is 13.2. The van der Waals surface area contributed by atoms with Gasteiger partial charge in [-0.2, -0.15) is 0 Å². The van der Waals surface area contributed by atoms with Crippen molar-refractivity contribution in [3.63, 3.8) is 0 Å². The lowest BCUT2D eigenvalue weighted by atomic mass is 9.93. The fourth-order valence-corrected chi connectivity index (χ4v) is 1.73. The maximum Gasteiger partial charge on any atom is 0.315 e. The van der Waals surface area contributed by atoms with E-state index in [0.717, 1.165) is 0 Å². The second-order valence-electron chi connectivity index (χ2n) is 6.00. The Morgan fingerprint density at radius 3 is 2.22 bits per heavy atom. The van der Waals surface area contributed by atoms with Gasteiger partial charge in [0.05, 0.1) is 39.1 Å². The highest BCUT2D eigenvalue weighted by molar-refractivity contribution is 5.76. The number of epoxide rings is 1. The first-order valence-electron chi connectivity index (χ1n) is 7.23. The lowest BCUT2D eigenvalue weighted by Gasteiger charge is -2.28. The molecule has 0 saturated carbocycles. The molecule has 134 valence electrons. The van der Waals surface area contributed by atoms with Gasteiger partial charge in [-0.25, -0.2) is 0 Å². The number of carbonyl (C=O) groups is 2. The third kappa shape index (κ3) is 4.85. The first-order chi connectivity index (χ1) is 10.7. The van der Waals surface area contributed by atoms with Crippen LogP contribution in [0.1, 0.15) is 13.8 Å². The van der Waals surface area contributed by atoms with Crippen LogP contribution in [0.15, 0.2) is 0 Å². The van der Waals surface area contributed by atoms with Crippen LogP contribution in [0.5, 0.6) is 0 Å². The number of carboxylic acid groups (broad SMARTS) is 1. The van der Waals surface area contributed by atoms with E-state index < -0.39 is 54.8 Å². The Balaban J connectivity index is 2.58. The van der Waals surface area contributed by atoms with Gasteiger partial charge < -0.3 is 34.6 Å². The maximum absolute atomic E-state index is 11.6. The van der Waals surface area contributed by atoms with Gasteiger partial charge in [0.2, 0.25) is 0 Å². The van der Waals surface area contributed by atoms with Crippen molar-refractivity contribution >= 4 is 11.9 Å². The Morgan fingerprint density at radius 2 is 1.83 bits per heavy atom. The van der Waals surface area contributed by atoms with Crippen LogP contribution in [0.3, 0.4) is 0 Å². The van der Waals surface area contributed by atoms with Gasteiger partial charge in [-0.3, -0.25) is 9.59 Å². The van der Waals surface area contributed by atoms with Crippen molar-refractivity contribution in [2.45, 2.75) is 25.6 Å². The Bertz CT molecular complexity index is 416. The summed E-state index contributed by atoms with van der Waals surface area (Å²) in [4.78, 5) is 23.0. The second-order valence-corrected chi connectivity index (χ2v) is 6.00. The van der Waals surface area contributed by atoms with E-state index in [1.54, 1.807) is 6.92 Å². The molecule has 0 bridgehead atoms. The zero-order valence-electron chi connectivity index (χ0n) is 13.2. The smallest absolute Gasteiger partial charge is 0.315 e. The summed E-state index contributed by atoms with van der Waals surface area (Å²) in [5.74, 6) is -3.21. The van der Waals surface area contributed by atoms with Gasteiger partial charge in [0.25, 0.3) is 0 Å². The van der Waals surface area contributed by atoms with Crippen LogP contribution in [0.2, 0.25) is 0 Å². The minimum atomic E-state index is -1.51. The molecule has 3 unspecified atom stereocenters. The first kappa shape index (κ1) is 19.8. The molecule has 9 heteroatoms.